The maximum atomic E-state index is 5.80. The molecule has 1 unspecified atom stereocenters. The lowest BCUT2D eigenvalue weighted by Gasteiger charge is -2.23. The topological polar surface area (TPSA) is 50.9 Å². The summed E-state index contributed by atoms with van der Waals surface area (Å²) in [6.45, 7) is 0. The minimum Gasteiger partial charge on any atom is -0.271 e. The van der Waals surface area contributed by atoms with Gasteiger partial charge in [-0.15, -0.1) is 0 Å². The highest BCUT2D eigenvalue weighted by atomic mass is 15.2. The minimum atomic E-state index is 0.228. The van der Waals surface area contributed by atoms with Crippen LogP contribution in [0.5, 0.6) is 0 Å². The number of para-hydroxylation sites is 1. The lowest BCUT2D eigenvalue weighted by molar-refractivity contribution is 0.375. The molecule has 94 valence electrons. The Morgan fingerprint density at radius 3 is 2.72 bits per heavy atom. The van der Waals surface area contributed by atoms with Gasteiger partial charge in [-0.25, -0.2) is 0 Å². The Balaban J connectivity index is 2.06. The van der Waals surface area contributed by atoms with Crippen LogP contribution in [-0.4, -0.2) is 4.98 Å². The van der Waals surface area contributed by atoms with Gasteiger partial charge in [-0.05, 0) is 30.4 Å². The molecule has 18 heavy (non-hydrogen) atoms. The van der Waals surface area contributed by atoms with E-state index in [-0.39, 0.29) is 6.04 Å². The van der Waals surface area contributed by atoms with E-state index in [1.54, 1.807) is 0 Å². The van der Waals surface area contributed by atoms with Gasteiger partial charge in [-0.3, -0.25) is 16.3 Å². The maximum absolute atomic E-state index is 5.80. The van der Waals surface area contributed by atoms with E-state index in [2.05, 4.69) is 34.7 Å². The second kappa shape index (κ2) is 5.04. The number of hydrazine groups is 1. The fraction of sp³-hybridized carbons (Fsp3) is 0.400. The van der Waals surface area contributed by atoms with E-state index >= 15 is 0 Å². The first-order valence-corrected chi connectivity index (χ1v) is 6.70. The van der Waals surface area contributed by atoms with Crippen molar-refractivity contribution in [3.8, 4) is 0 Å². The molecule has 2 aromatic rings. The molecule has 1 aromatic heterocycles. The summed E-state index contributed by atoms with van der Waals surface area (Å²) < 4.78 is 0. The summed E-state index contributed by atoms with van der Waals surface area (Å²) in [4.78, 5) is 4.53. The fourth-order valence-electron chi connectivity index (χ4n) is 3.15. The van der Waals surface area contributed by atoms with E-state index < -0.39 is 0 Å². The molecule has 1 fully saturated rings. The molecule has 0 saturated heterocycles. The highest BCUT2D eigenvalue weighted by molar-refractivity contribution is 5.82. The Bertz CT molecular complexity index is 527. The summed E-state index contributed by atoms with van der Waals surface area (Å²) >= 11 is 0. The predicted molar refractivity (Wildman–Crippen MR) is 73.8 cm³/mol. The van der Waals surface area contributed by atoms with Crippen LogP contribution < -0.4 is 11.3 Å². The van der Waals surface area contributed by atoms with Crippen molar-refractivity contribution < 1.29 is 0 Å². The van der Waals surface area contributed by atoms with Crippen molar-refractivity contribution >= 4 is 10.9 Å². The van der Waals surface area contributed by atoms with Crippen LogP contribution in [0.1, 0.15) is 37.3 Å². The van der Waals surface area contributed by atoms with Crippen LogP contribution in [0.25, 0.3) is 10.9 Å². The third-order valence-electron chi connectivity index (χ3n) is 4.05. The van der Waals surface area contributed by atoms with Crippen molar-refractivity contribution in [3.05, 3.63) is 42.1 Å². The minimum absolute atomic E-state index is 0.228. The zero-order valence-corrected chi connectivity index (χ0v) is 10.5. The van der Waals surface area contributed by atoms with Crippen molar-refractivity contribution in [3.63, 3.8) is 0 Å². The van der Waals surface area contributed by atoms with Gasteiger partial charge in [0.1, 0.15) is 0 Å². The number of nitrogens with zero attached hydrogens (tertiary/aromatic N) is 1. The molecule has 1 atom stereocenters. The van der Waals surface area contributed by atoms with Crippen LogP contribution in [0.3, 0.4) is 0 Å². The molecule has 0 aliphatic heterocycles. The van der Waals surface area contributed by atoms with E-state index in [0.717, 1.165) is 5.52 Å². The van der Waals surface area contributed by atoms with Crippen molar-refractivity contribution in [1.29, 1.82) is 0 Å². The monoisotopic (exact) mass is 241 g/mol. The van der Waals surface area contributed by atoms with Gasteiger partial charge in [0.05, 0.1) is 11.6 Å². The molecule has 1 aliphatic carbocycles. The molecule has 1 aliphatic rings. The van der Waals surface area contributed by atoms with Crippen molar-refractivity contribution in [1.82, 2.24) is 10.4 Å². The lowest BCUT2D eigenvalue weighted by atomic mass is 9.90. The Kier molecular flexibility index (Phi) is 3.26. The third-order valence-corrected chi connectivity index (χ3v) is 4.05. The standard InChI is InChI=1S/C15H19N3/c16-18-15(12-5-1-2-6-12)13-9-3-7-11-8-4-10-17-14(11)13/h3-4,7-10,12,15,18H,1-2,5-6,16H2. The SMILES string of the molecule is NNC(c1cccc2cccnc12)C1CCCC1. The van der Waals surface area contributed by atoms with E-state index in [9.17, 15) is 0 Å². The number of benzene rings is 1. The first-order valence-electron chi connectivity index (χ1n) is 6.70. The Morgan fingerprint density at radius 2 is 1.94 bits per heavy atom. The molecule has 3 heteroatoms. The highest BCUT2D eigenvalue weighted by Crippen LogP contribution is 2.37. The quantitative estimate of drug-likeness (QED) is 0.641. The summed E-state index contributed by atoms with van der Waals surface area (Å²) in [5.41, 5.74) is 5.33. The van der Waals surface area contributed by atoms with Gasteiger partial charge in [-0.1, -0.05) is 37.1 Å². The Morgan fingerprint density at radius 1 is 1.17 bits per heavy atom. The van der Waals surface area contributed by atoms with Gasteiger partial charge < -0.3 is 0 Å². The van der Waals surface area contributed by atoms with E-state index in [4.69, 9.17) is 5.84 Å². The van der Waals surface area contributed by atoms with E-state index in [0.29, 0.717) is 5.92 Å². The van der Waals surface area contributed by atoms with Crippen LogP contribution in [-0.2, 0) is 0 Å². The number of aromatic nitrogens is 1. The van der Waals surface area contributed by atoms with Crippen molar-refractivity contribution in [2.75, 3.05) is 0 Å². The summed E-state index contributed by atoms with van der Waals surface area (Å²) in [6.07, 6.45) is 7.02. The first kappa shape index (κ1) is 11.6. The second-order valence-electron chi connectivity index (χ2n) is 5.11. The molecule has 3 N–H and O–H groups in total. The smallest absolute Gasteiger partial charge is 0.0750 e. The number of pyridine rings is 1. The summed E-state index contributed by atoms with van der Waals surface area (Å²) in [6, 6.07) is 10.7. The van der Waals surface area contributed by atoms with Gasteiger partial charge in [0.2, 0.25) is 0 Å². The van der Waals surface area contributed by atoms with Crippen LogP contribution in [0, 0.1) is 5.92 Å². The number of fused-ring (bicyclic) bond motifs is 1. The molecule has 3 nitrogen and oxygen atoms in total. The van der Waals surface area contributed by atoms with Gasteiger partial charge >= 0.3 is 0 Å². The molecule has 0 radical (unpaired) electrons. The molecule has 1 heterocycles. The second-order valence-corrected chi connectivity index (χ2v) is 5.11. The Labute approximate surface area is 107 Å². The normalized spacial score (nSPS) is 18.3. The van der Waals surface area contributed by atoms with Crippen LogP contribution >= 0.6 is 0 Å². The molecule has 3 rings (SSSR count). The van der Waals surface area contributed by atoms with Crippen LogP contribution in [0.15, 0.2) is 36.5 Å². The maximum Gasteiger partial charge on any atom is 0.0750 e. The average molecular weight is 241 g/mol. The van der Waals surface area contributed by atoms with Crippen molar-refractivity contribution in [2.45, 2.75) is 31.7 Å². The molecule has 1 saturated carbocycles. The molecular formula is C15H19N3. The molecule has 0 spiro atoms. The fourth-order valence-corrected chi connectivity index (χ4v) is 3.15. The number of hydrogen-bond acceptors (Lipinski definition) is 3. The van der Waals surface area contributed by atoms with E-state index in [1.165, 1.54) is 36.6 Å². The van der Waals surface area contributed by atoms with E-state index in [1.807, 2.05) is 12.3 Å². The van der Waals surface area contributed by atoms with Crippen molar-refractivity contribution in [2.24, 2.45) is 11.8 Å². The zero-order chi connectivity index (χ0) is 12.4. The zero-order valence-electron chi connectivity index (χ0n) is 10.5. The van der Waals surface area contributed by atoms with Crippen LogP contribution in [0.4, 0.5) is 0 Å². The predicted octanol–water partition coefficient (Wildman–Crippen LogP) is 2.93. The van der Waals surface area contributed by atoms with Crippen LogP contribution in [0.2, 0.25) is 0 Å². The van der Waals surface area contributed by atoms with Gasteiger partial charge in [-0.2, -0.15) is 0 Å². The Hall–Kier alpha value is -1.45. The largest absolute Gasteiger partial charge is 0.271 e. The van der Waals surface area contributed by atoms with Gasteiger partial charge in [0, 0.05) is 11.6 Å². The summed E-state index contributed by atoms with van der Waals surface area (Å²) in [5, 5.41) is 1.19. The molecule has 1 aromatic carbocycles. The number of nitrogens with two attached hydrogens (primary N) is 1. The lowest BCUT2D eigenvalue weighted by Crippen LogP contribution is -2.32. The van der Waals surface area contributed by atoms with Gasteiger partial charge in [0.15, 0.2) is 0 Å². The summed E-state index contributed by atoms with van der Waals surface area (Å²) in [7, 11) is 0. The molecular weight excluding hydrogens is 222 g/mol. The van der Waals surface area contributed by atoms with Gasteiger partial charge in [0.25, 0.3) is 0 Å². The number of nitrogens with one attached hydrogen (secondary N) is 1. The third kappa shape index (κ3) is 2.00. The summed E-state index contributed by atoms with van der Waals surface area (Å²) in [5.74, 6) is 6.44. The number of rotatable bonds is 3. The number of hydrogen-bond donors (Lipinski definition) is 2. The first-order chi connectivity index (χ1) is 8.90. The molecule has 0 amide bonds. The average Bonchev–Trinajstić information content (AvgIpc) is 2.94. The molecule has 0 bridgehead atoms. The highest BCUT2D eigenvalue weighted by Gasteiger charge is 2.26.